The highest BCUT2D eigenvalue weighted by Crippen LogP contribution is 2.88. The molecule has 0 bridgehead atoms. The minimum Gasteiger partial charge on any atom is -0.363 e. The van der Waals surface area contributed by atoms with Crippen molar-refractivity contribution in [3.05, 3.63) is 0 Å². The van der Waals surface area contributed by atoms with Gasteiger partial charge in [0.05, 0.1) is 6.04 Å². The van der Waals surface area contributed by atoms with Gasteiger partial charge in [-0.3, -0.25) is 24.1 Å². The molecule has 6 aliphatic rings. The molecule has 5 amide bonds. The average Bonchev–Trinajstić information content (AvgIpc) is 3.26. The van der Waals surface area contributed by atoms with Gasteiger partial charge in [0, 0.05) is 50.7 Å². The minimum absolute atomic E-state index is 0.0196. The van der Waals surface area contributed by atoms with Crippen molar-refractivity contribution in [2.45, 2.75) is 142 Å². The second kappa shape index (κ2) is 14.6. The Balaban J connectivity index is 1.22. The molecule has 0 radical (unpaired) electrons. The monoisotopic (exact) mass is 712 g/mol. The number of Topliss-reactive ketones (excluding diaryl/α,β-unsaturated/α-hetero) is 1. The zero-order chi connectivity index (χ0) is 36.8. The van der Waals surface area contributed by atoms with Crippen molar-refractivity contribution in [2.24, 2.45) is 39.2 Å². The van der Waals surface area contributed by atoms with E-state index in [1.807, 2.05) is 20.8 Å². The summed E-state index contributed by atoms with van der Waals surface area (Å²) in [6.07, 6.45) is 12.8. The maximum Gasteiger partial charge on any atom is 0.315 e. The summed E-state index contributed by atoms with van der Waals surface area (Å²) in [7, 11) is 0. The standard InChI is InChI=1S/C39H65N7O5/c1-36(2,3)31(44-35(51)43-28(26-13-7-6-8-14-26)23-45-19-17-41-18-20-45)34(50)46-24-39(37(4,5)38(39)15-10-16-38)22-29(46)33(49)42-27(30(47)32(40)48)21-25-11-9-12-25/h25-29,31,41H,6-24H2,1-5H3,(H2,40,48)(H,42,49)(H2,43,44,51)/t27?,28-,29+,31+,39-/m1/s1. The Bertz CT molecular complexity index is 1340. The molecule has 1 unspecified atom stereocenters. The molecule has 0 aromatic carbocycles. The molecule has 2 spiro atoms. The minimum atomic E-state index is -1.06. The molecule has 2 heterocycles. The lowest BCUT2D eigenvalue weighted by Gasteiger charge is -2.38. The van der Waals surface area contributed by atoms with E-state index in [-0.39, 0.29) is 40.1 Å². The topological polar surface area (TPSA) is 166 Å². The van der Waals surface area contributed by atoms with Gasteiger partial charge in [-0.05, 0) is 66.6 Å². The van der Waals surface area contributed by atoms with E-state index in [1.54, 1.807) is 4.90 Å². The Labute approximate surface area is 304 Å². The second-order valence-corrected chi connectivity index (χ2v) is 18.6. The molecule has 2 aliphatic heterocycles. The molecule has 4 aliphatic carbocycles. The van der Waals surface area contributed by atoms with E-state index >= 15 is 0 Å². The van der Waals surface area contributed by atoms with Crippen LogP contribution in [0.2, 0.25) is 0 Å². The van der Waals surface area contributed by atoms with Crippen LogP contribution in [0, 0.1) is 33.5 Å². The smallest absolute Gasteiger partial charge is 0.315 e. The van der Waals surface area contributed by atoms with Gasteiger partial charge < -0.3 is 31.9 Å². The number of likely N-dealkylation sites (tertiary alicyclic amines) is 1. The fourth-order valence-corrected chi connectivity index (χ4v) is 11.0. The summed E-state index contributed by atoms with van der Waals surface area (Å²) in [4.78, 5) is 72.3. The van der Waals surface area contributed by atoms with Gasteiger partial charge >= 0.3 is 6.03 Å². The van der Waals surface area contributed by atoms with E-state index in [0.717, 1.165) is 84.1 Å². The Morgan fingerprint density at radius 3 is 2.06 bits per heavy atom. The molecule has 6 fully saturated rings. The number of hydrogen-bond acceptors (Lipinski definition) is 7. The highest BCUT2D eigenvalue weighted by molar-refractivity contribution is 6.37. The number of primary amides is 1. The van der Waals surface area contributed by atoms with Gasteiger partial charge in [0.2, 0.25) is 17.6 Å². The van der Waals surface area contributed by atoms with Gasteiger partial charge in [-0.2, -0.15) is 0 Å². The molecular weight excluding hydrogens is 646 g/mol. The number of nitrogens with one attached hydrogen (secondary N) is 4. The van der Waals surface area contributed by atoms with Crippen LogP contribution < -0.4 is 27.0 Å². The number of piperazine rings is 1. The molecule has 0 aromatic heterocycles. The number of nitrogens with two attached hydrogens (primary N) is 1. The molecular formula is C39H65N7O5. The van der Waals surface area contributed by atoms with Gasteiger partial charge in [-0.1, -0.05) is 79.6 Å². The maximum atomic E-state index is 14.9. The number of carbonyl (C=O) groups is 5. The maximum absolute atomic E-state index is 14.9. The molecule has 286 valence electrons. The SMILES string of the molecule is CC(C)(C)[C@@H](NC(=O)N[C@H](CN1CCNCC1)C1CCCCC1)C(=O)N1C[C@]2(C[C@H]1C(=O)NC(CC1CCC1)C(=O)C(N)=O)C(C)(C)C21CCC1. The predicted molar refractivity (Wildman–Crippen MR) is 195 cm³/mol. The highest BCUT2D eigenvalue weighted by atomic mass is 16.2. The summed E-state index contributed by atoms with van der Waals surface area (Å²) in [6, 6.07) is -3.08. The van der Waals surface area contributed by atoms with Crippen LogP contribution in [0.15, 0.2) is 0 Å². The number of rotatable bonds is 12. The zero-order valence-electron chi connectivity index (χ0n) is 31.9. The van der Waals surface area contributed by atoms with E-state index in [0.29, 0.717) is 25.3 Å². The van der Waals surface area contributed by atoms with Crippen molar-refractivity contribution in [1.29, 1.82) is 0 Å². The number of urea groups is 1. The lowest BCUT2D eigenvalue weighted by atomic mass is 9.73. The zero-order valence-corrected chi connectivity index (χ0v) is 31.9. The Kier molecular flexibility index (Phi) is 10.9. The first-order valence-electron chi connectivity index (χ1n) is 20.0. The summed E-state index contributed by atoms with van der Waals surface area (Å²) in [6.45, 7) is 15.4. The number of amides is 5. The van der Waals surface area contributed by atoms with Crippen LogP contribution >= 0.6 is 0 Å². The summed E-state index contributed by atoms with van der Waals surface area (Å²) in [5.74, 6) is -1.90. The van der Waals surface area contributed by atoms with Gasteiger partial charge in [0.1, 0.15) is 12.1 Å². The van der Waals surface area contributed by atoms with Crippen LogP contribution in [0.1, 0.15) is 118 Å². The third-order valence-electron chi connectivity index (χ3n) is 14.7. The van der Waals surface area contributed by atoms with Crippen LogP contribution in [0.3, 0.4) is 0 Å². The molecule has 12 nitrogen and oxygen atoms in total. The molecule has 0 aromatic rings. The molecule has 2 saturated heterocycles. The van der Waals surface area contributed by atoms with Crippen molar-refractivity contribution in [1.82, 2.24) is 31.1 Å². The van der Waals surface area contributed by atoms with Crippen LogP contribution in [-0.2, 0) is 19.2 Å². The fraction of sp³-hybridized carbons (Fsp3) is 0.872. The average molecular weight is 712 g/mol. The summed E-state index contributed by atoms with van der Waals surface area (Å²) in [5, 5.41) is 12.8. The first kappa shape index (κ1) is 38.0. The first-order valence-corrected chi connectivity index (χ1v) is 20.0. The fourth-order valence-electron chi connectivity index (χ4n) is 11.0. The quantitative estimate of drug-likeness (QED) is 0.194. The lowest BCUT2D eigenvalue weighted by Crippen LogP contribution is -2.61. The van der Waals surface area contributed by atoms with Crippen molar-refractivity contribution in [3.8, 4) is 0 Å². The molecule has 6 rings (SSSR count). The number of hydrogen-bond donors (Lipinski definition) is 5. The number of carbonyl (C=O) groups excluding carboxylic acids is 5. The van der Waals surface area contributed by atoms with Gasteiger partial charge in [-0.25, -0.2) is 4.79 Å². The van der Waals surface area contributed by atoms with Gasteiger partial charge in [-0.15, -0.1) is 0 Å². The normalized spacial score (nSPS) is 29.4. The van der Waals surface area contributed by atoms with Crippen molar-refractivity contribution in [2.75, 3.05) is 39.3 Å². The van der Waals surface area contributed by atoms with E-state index in [2.05, 4.69) is 40.0 Å². The first-order chi connectivity index (χ1) is 24.1. The third-order valence-corrected chi connectivity index (χ3v) is 14.7. The van der Waals surface area contributed by atoms with Crippen molar-refractivity contribution < 1.29 is 24.0 Å². The lowest BCUT2D eigenvalue weighted by molar-refractivity contribution is -0.143. The molecule has 51 heavy (non-hydrogen) atoms. The predicted octanol–water partition coefficient (Wildman–Crippen LogP) is 3.08. The third kappa shape index (κ3) is 7.17. The molecule has 4 saturated carbocycles. The number of ketones is 1. The van der Waals surface area contributed by atoms with Crippen LogP contribution in [0.4, 0.5) is 4.79 Å². The molecule has 6 N–H and O–H groups in total. The largest absolute Gasteiger partial charge is 0.363 e. The Hall–Kier alpha value is -2.73. The van der Waals surface area contributed by atoms with E-state index in [4.69, 9.17) is 5.73 Å². The highest BCUT2D eigenvalue weighted by Gasteiger charge is 2.85. The van der Waals surface area contributed by atoms with Crippen LogP contribution in [-0.4, -0.2) is 103 Å². The van der Waals surface area contributed by atoms with E-state index in [9.17, 15) is 24.0 Å². The summed E-state index contributed by atoms with van der Waals surface area (Å²) in [5.41, 5.74) is 4.58. The van der Waals surface area contributed by atoms with Gasteiger partial charge in [0.15, 0.2) is 0 Å². The van der Waals surface area contributed by atoms with Crippen LogP contribution in [0.25, 0.3) is 0 Å². The van der Waals surface area contributed by atoms with Crippen LogP contribution in [0.5, 0.6) is 0 Å². The van der Waals surface area contributed by atoms with E-state index < -0.39 is 41.1 Å². The molecule has 5 atom stereocenters. The van der Waals surface area contributed by atoms with Crippen molar-refractivity contribution >= 4 is 29.5 Å². The number of fused-ring (bicyclic) bond motifs is 1. The number of nitrogens with zero attached hydrogens (tertiary/aromatic N) is 2. The van der Waals surface area contributed by atoms with Gasteiger partial charge in [0.25, 0.3) is 5.91 Å². The Morgan fingerprint density at radius 1 is 0.863 bits per heavy atom. The van der Waals surface area contributed by atoms with Crippen molar-refractivity contribution in [3.63, 3.8) is 0 Å². The summed E-state index contributed by atoms with van der Waals surface area (Å²) >= 11 is 0. The molecule has 12 heteroatoms. The second-order valence-electron chi connectivity index (χ2n) is 18.6. The van der Waals surface area contributed by atoms with E-state index in [1.165, 1.54) is 19.3 Å². The Morgan fingerprint density at radius 2 is 1.53 bits per heavy atom. The summed E-state index contributed by atoms with van der Waals surface area (Å²) < 4.78 is 0.